The Labute approximate surface area is 91.4 Å². The lowest BCUT2D eigenvalue weighted by molar-refractivity contribution is 0.686. The molecule has 0 saturated carbocycles. The third-order valence-corrected chi connectivity index (χ3v) is 4.05. The zero-order chi connectivity index (χ0) is 9.26. The molecular formula is C10H12BrNS. The maximum Gasteiger partial charge on any atom is 0.0178 e. The first-order chi connectivity index (χ1) is 6.31. The fourth-order valence-corrected chi connectivity index (χ4v) is 3.28. The average Bonchev–Trinajstić information content (AvgIpc) is 2.49. The van der Waals surface area contributed by atoms with Gasteiger partial charge in [0.1, 0.15) is 0 Å². The van der Waals surface area contributed by atoms with Gasteiger partial charge in [0.25, 0.3) is 0 Å². The van der Waals surface area contributed by atoms with Crippen molar-refractivity contribution in [2.24, 2.45) is 0 Å². The monoisotopic (exact) mass is 257 g/mol. The van der Waals surface area contributed by atoms with Gasteiger partial charge in [-0.1, -0.05) is 15.9 Å². The van der Waals surface area contributed by atoms with Gasteiger partial charge in [0.15, 0.2) is 0 Å². The molecular weight excluding hydrogens is 246 g/mol. The van der Waals surface area contributed by atoms with E-state index in [1.165, 1.54) is 20.7 Å². The van der Waals surface area contributed by atoms with Gasteiger partial charge in [-0.2, -0.15) is 0 Å². The molecule has 0 aliphatic carbocycles. The Hall–Kier alpha value is 0.01000. The average molecular weight is 258 g/mol. The first-order valence-electron chi connectivity index (χ1n) is 4.38. The number of thioether (sulfide) groups is 1. The summed E-state index contributed by atoms with van der Waals surface area (Å²) in [6.07, 6.45) is 0. The zero-order valence-electron chi connectivity index (χ0n) is 7.51. The molecule has 1 aromatic rings. The van der Waals surface area contributed by atoms with Gasteiger partial charge in [-0.15, -0.1) is 11.8 Å². The molecule has 13 heavy (non-hydrogen) atoms. The Morgan fingerprint density at radius 3 is 3.23 bits per heavy atom. The van der Waals surface area contributed by atoms with Crippen LogP contribution in [0.4, 0.5) is 0 Å². The highest BCUT2D eigenvalue weighted by Crippen LogP contribution is 2.40. The van der Waals surface area contributed by atoms with Crippen molar-refractivity contribution in [2.75, 3.05) is 19.3 Å². The number of nitrogens with one attached hydrogen (secondary N) is 1. The second-order valence-electron chi connectivity index (χ2n) is 3.25. The first-order valence-corrected chi connectivity index (χ1v) is 6.16. The van der Waals surface area contributed by atoms with Gasteiger partial charge in [-0.05, 0) is 30.8 Å². The van der Waals surface area contributed by atoms with Gasteiger partial charge in [0.2, 0.25) is 0 Å². The minimum atomic E-state index is 0.683. The molecule has 0 radical (unpaired) electrons. The van der Waals surface area contributed by atoms with Gasteiger partial charge in [-0.3, -0.25) is 0 Å². The molecule has 0 bridgehead atoms. The lowest BCUT2D eigenvalue weighted by atomic mass is 10.0. The number of likely N-dealkylation sites (N-methyl/N-ethyl adjacent to an activating group) is 1. The normalized spacial score (nSPS) is 20.3. The second-order valence-corrected chi connectivity index (χ2v) is 5.23. The van der Waals surface area contributed by atoms with Crippen LogP contribution in [0.25, 0.3) is 0 Å². The number of hydrogen-bond donors (Lipinski definition) is 1. The minimum absolute atomic E-state index is 0.683. The summed E-state index contributed by atoms with van der Waals surface area (Å²) in [6, 6.07) is 6.57. The molecule has 1 aromatic carbocycles. The second kappa shape index (κ2) is 4.03. The lowest BCUT2D eigenvalue weighted by Gasteiger charge is -2.09. The van der Waals surface area contributed by atoms with Crippen molar-refractivity contribution in [1.82, 2.24) is 5.32 Å². The SMILES string of the molecule is CNCC1CSc2ccc(Br)cc21. The van der Waals surface area contributed by atoms with Crippen molar-refractivity contribution in [2.45, 2.75) is 10.8 Å². The largest absolute Gasteiger partial charge is 0.319 e. The summed E-state index contributed by atoms with van der Waals surface area (Å²) in [5.74, 6) is 1.90. The van der Waals surface area contributed by atoms with Crippen LogP contribution in [0.1, 0.15) is 11.5 Å². The van der Waals surface area contributed by atoms with Crippen LogP contribution in [0.2, 0.25) is 0 Å². The summed E-state index contributed by atoms with van der Waals surface area (Å²) in [5, 5.41) is 3.24. The third kappa shape index (κ3) is 1.92. The van der Waals surface area contributed by atoms with Crippen LogP contribution in [0.15, 0.2) is 27.6 Å². The fraction of sp³-hybridized carbons (Fsp3) is 0.400. The summed E-state index contributed by atoms with van der Waals surface area (Å²) in [4.78, 5) is 1.45. The number of benzene rings is 1. The van der Waals surface area contributed by atoms with E-state index in [0.29, 0.717) is 5.92 Å². The molecule has 0 saturated heterocycles. The highest BCUT2D eigenvalue weighted by atomic mass is 79.9. The van der Waals surface area contributed by atoms with Crippen LogP contribution in [-0.4, -0.2) is 19.3 Å². The summed E-state index contributed by atoms with van der Waals surface area (Å²) >= 11 is 5.48. The lowest BCUT2D eigenvalue weighted by Crippen LogP contribution is -2.16. The smallest absolute Gasteiger partial charge is 0.0178 e. The molecule has 3 heteroatoms. The molecule has 1 aliphatic heterocycles. The highest BCUT2D eigenvalue weighted by molar-refractivity contribution is 9.10. The van der Waals surface area contributed by atoms with Gasteiger partial charge in [0, 0.05) is 27.6 Å². The molecule has 70 valence electrons. The van der Waals surface area contributed by atoms with Crippen LogP contribution < -0.4 is 5.32 Å². The molecule has 1 heterocycles. The van der Waals surface area contributed by atoms with Gasteiger partial charge < -0.3 is 5.32 Å². The predicted molar refractivity (Wildman–Crippen MR) is 61.5 cm³/mol. The molecule has 2 rings (SSSR count). The fourth-order valence-electron chi connectivity index (χ4n) is 1.67. The Bertz CT molecular complexity index is 312. The minimum Gasteiger partial charge on any atom is -0.319 e. The van der Waals surface area contributed by atoms with Crippen LogP contribution in [-0.2, 0) is 0 Å². The van der Waals surface area contributed by atoms with Crippen molar-refractivity contribution in [3.05, 3.63) is 28.2 Å². The molecule has 0 spiro atoms. The van der Waals surface area contributed by atoms with E-state index in [-0.39, 0.29) is 0 Å². The van der Waals surface area contributed by atoms with Gasteiger partial charge in [0.05, 0.1) is 0 Å². The molecule has 1 aliphatic rings. The van der Waals surface area contributed by atoms with Crippen LogP contribution in [0, 0.1) is 0 Å². The molecule has 1 unspecified atom stereocenters. The number of halogens is 1. The molecule has 1 nitrogen and oxygen atoms in total. The van der Waals surface area contributed by atoms with Crippen LogP contribution in [0.3, 0.4) is 0 Å². The summed E-state index contributed by atoms with van der Waals surface area (Å²) < 4.78 is 1.19. The maximum absolute atomic E-state index is 3.51. The van der Waals surface area contributed by atoms with Crippen LogP contribution >= 0.6 is 27.7 Å². The van der Waals surface area contributed by atoms with E-state index in [9.17, 15) is 0 Å². The van der Waals surface area contributed by atoms with Crippen molar-refractivity contribution in [3.8, 4) is 0 Å². The zero-order valence-corrected chi connectivity index (χ0v) is 9.91. The van der Waals surface area contributed by atoms with Gasteiger partial charge in [-0.25, -0.2) is 0 Å². The summed E-state index contributed by atoms with van der Waals surface area (Å²) in [5.41, 5.74) is 1.49. The Kier molecular flexibility index (Phi) is 2.96. The number of hydrogen-bond acceptors (Lipinski definition) is 2. The van der Waals surface area contributed by atoms with E-state index in [2.05, 4.69) is 39.4 Å². The van der Waals surface area contributed by atoms with E-state index in [1.807, 2.05) is 18.8 Å². The van der Waals surface area contributed by atoms with E-state index < -0.39 is 0 Å². The Morgan fingerprint density at radius 2 is 2.46 bits per heavy atom. The van der Waals surface area contributed by atoms with Gasteiger partial charge >= 0.3 is 0 Å². The molecule has 0 fully saturated rings. The molecule has 0 aromatic heterocycles. The first kappa shape index (κ1) is 9.56. The van der Waals surface area contributed by atoms with Crippen molar-refractivity contribution >= 4 is 27.7 Å². The predicted octanol–water partition coefficient (Wildman–Crippen LogP) is 2.86. The standard InChI is InChI=1S/C10H12BrNS/c1-12-5-7-6-13-10-3-2-8(11)4-9(7)10/h2-4,7,12H,5-6H2,1H3. The van der Waals surface area contributed by atoms with E-state index in [1.54, 1.807) is 0 Å². The molecule has 1 atom stereocenters. The summed E-state index contributed by atoms with van der Waals surface area (Å²) in [6.45, 7) is 1.08. The van der Waals surface area contributed by atoms with Crippen molar-refractivity contribution in [3.63, 3.8) is 0 Å². The van der Waals surface area contributed by atoms with Crippen molar-refractivity contribution in [1.29, 1.82) is 0 Å². The third-order valence-electron chi connectivity index (χ3n) is 2.30. The Balaban J connectivity index is 2.29. The maximum atomic E-state index is 3.51. The highest BCUT2D eigenvalue weighted by Gasteiger charge is 2.22. The molecule has 0 amide bonds. The quantitative estimate of drug-likeness (QED) is 0.875. The van der Waals surface area contributed by atoms with Crippen LogP contribution in [0.5, 0.6) is 0 Å². The topological polar surface area (TPSA) is 12.0 Å². The van der Waals surface area contributed by atoms with E-state index in [0.717, 1.165) is 6.54 Å². The Morgan fingerprint density at radius 1 is 1.62 bits per heavy atom. The van der Waals surface area contributed by atoms with Crippen molar-refractivity contribution < 1.29 is 0 Å². The summed E-state index contributed by atoms with van der Waals surface area (Å²) in [7, 11) is 2.01. The van der Waals surface area contributed by atoms with E-state index >= 15 is 0 Å². The van der Waals surface area contributed by atoms with E-state index in [4.69, 9.17) is 0 Å². The number of rotatable bonds is 2. The number of fused-ring (bicyclic) bond motifs is 1. The molecule has 1 N–H and O–H groups in total.